The molecule has 150 valence electrons. The van der Waals surface area contributed by atoms with E-state index in [0.29, 0.717) is 24.1 Å². The third kappa shape index (κ3) is 6.77. The molecule has 0 bridgehead atoms. The number of carbonyl (C=O) groups excluding carboxylic acids is 2. The molecule has 1 saturated heterocycles. The van der Waals surface area contributed by atoms with Gasteiger partial charge in [-0.15, -0.1) is 0 Å². The van der Waals surface area contributed by atoms with Crippen molar-refractivity contribution in [1.29, 1.82) is 0 Å². The van der Waals surface area contributed by atoms with Gasteiger partial charge in [0.1, 0.15) is 11.4 Å². The Hall–Kier alpha value is -1.67. The van der Waals surface area contributed by atoms with Gasteiger partial charge in [0.15, 0.2) is 0 Å². The van der Waals surface area contributed by atoms with Gasteiger partial charge in [0.2, 0.25) is 5.91 Å². The lowest BCUT2D eigenvalue weighted by molar-refractivity contribution is -0.135. The van der Waals surface area contributed by atoms with Crippen LogP contribution in [0.2, 0.25) is 0 Å². The standard InChI is InChI=1S/C19H27BrFN3O3/c1-19(2,3)27-18(26)22-11-14-12-23(4)7-8-24(14)17(25)10-13-5-6-16(21)15(20)9-13/h5-6,9,14H,7-8,10-12H2,1-4H3,(H,22,26). The van der Waals surface area contributed by atoms with Crippen LogP contribution in [0.5, 0.6) is 0 Å². The summed E-state index contributed by atoms with van der Waals surface area (Å²) in [6, 6.07) is 4.44. The van der Waals surface area contributed by atoms with Crippen LogP contribution in [0.15, 0.2) is 22.7 Å². The number of benzene rings is 1. The number of nitrogens with one attached hydrogen (secondary N) is 1. The normalized spacial score (nSPS) is 18.3. The van der Waals surface area contributed by atoms with Crippen LogP contribution in [0, 0.1) is 5.82 Å². The summed E-state index contributed by atoms with van der Waals surface area (Å²) in [6.07, 6.45) is -0.309. The van der Waals surface area contributed by atoms with E-state index in [1.54, 1.807) is 37.8 Å². The molecule has 2 amide bonds. The highest BCUT2D eigenvalue weighted by molar-refractivity contribution is 9.10. The van der Waals surface area contributed by atoms with E-state index in [1.165, 1.54) is 6.07 Å². The van der Waals surface area contributed by atoms with Gasteiger partial charge in [-0.1, -0.05) is 6.07 Å². The highest BCUT2D eigenvalue weighted by atomic mass is 79.9. The maximum Gasteiger partial charge on any atom is 0.407 e. The molecule has 6 nitrogen and oxygen atoms in total. The van der Waals surface area contributed by atoms with Crippen LogP contribution >= 0.6 is 15.9 Å². The van der Waals surface area contributed by atoms with E-state index >= 15 is 0 Å². The zero-order valence-electron chi connectivity index (χ0n) is 16.2. The second-order valence-corrected chi connectivity index (χ2v) is 8.67. The van der Waals surface area contributed by atoms with Crippen LogP contribution in [0.4, 0.5) is 9.18 Å². The predicted octanol–water partition coefficient (Wildman–Crippen LogP) is 2.80. The van der Waals surface area contributed by atoms with E-state index in [0.717, 1.165) is 12.1 Å². The summed E-state index contributed by atoms with van der Waals surface area (Å²) >= 11 is 3.15. The minimum atomic E-state index is -0.571. The van der Waals surface area contributed by atoms with Crippen molar-refractivity contribution >= 4 is 27.9 Å². The number of nitrogens with zero attached hydrogens (tertiary/aromatic N) is 2. The van der Waals surface area contributed by atoms with Crippen LogP contribution in [0.1, 0.15) is 26.3 Å². The third-order valence-corrected chi connectivity index (χ3v) is 4.83. The Kier molecular flexibility index (Phi) is 7.22. The van der Waals surface area contributed by atoms with E-state index in [9.17, 15) is 14.0 Å². The van der Waals surface area contributed by atoms with Crippen molar-refractivity contribution < 1.29 is 18.7 Å². The molecule has 27 heavy (non-hydrogen) atoms. The number of alkyl carbamates (subject to hydrolysis) is 1. The van der Waals surface area contributed by atoms with Gasteiger partial charge in [0.25, 0.3) is 0 Å². The van der Waals surface area contributed by atoms with E-state index < -0.39 is 11.7 Å². The smallest absolute Gasteiger partial charge is 0.407 e. The molecular weight excluding hydrogens is 417 g/mol. The lowest BCUT2D eigenvalue weighted by atomic mass is 10.1. The fourth-order valence-corrected chi connectivity index (χ4v) is 3.38. The number of rotatable bonds is 4. The van der Waals surface area contributed by atoms with Crippen LogP contribution in [-0.2, 0) is 16.0 Å². The van der Waals surface area contributed by atoms with Crippen LogP contribution in [-0.4, -0.2) is 66.7 Å². The second-order valence-electron chi connectivity index (χ2n) is 7.81. The Morgan fingerprint density at radius 2 is 2.04 bits per heavy atom. The Bertz CT molecular complexity index is 693. The Balaban J connectivity index is 2.00. The fraction of sp³-hybridized carbons (Fsp3) is 0.579. The maximum absolute atomic E-state index is 13.4. The van der Waals surface area contributed by atoms with E-state index in [1.807, 2.05) is 7.05 Å². The molecule has 1 unspecified atom stereocenters. The van der Waals surface area contributed by atoms with Gasteiger partial charge < -0.3 is 19.9 Å². The monoisotopic (exact) mass is 443 g/mol. The van der Waals surface area contributed by atoms with Crippen molar-refractivity contribution in [3.8, 4) is 0 Å². The van der Waals surface area contributed by atoms with Gasteiger partial charge >= 0.3 is 6.09 Å². The molecule has 1 N–H and O–H groups in total. The van der Waals surface area contributed by atoms with Crippen molar-refractivity contribution in [3.05, 3.63) is 34.1 Å². The van der Waals surface area contributed by atoms with Gasteiger partial charge in [-0.05, 0) is 61.4 Å². The van der Waals surface area contributed by atoms with Crippen LogP contribution < -0.4 is 5.32 Å². The average molecular weight is 444 g/mol. The first-order valence-corrected chi connectivity index (χ1v) is 9.73. The Morgan fingerprint density at radius 1 is 1.33 bits per heavy atom. The molecule has 1 aliphatic rings. The van der Waals surface area contributed by atoms with Gasteiger partial charge in [0, 0.05) is 26.2 Å². The number of hydrogen-bond acceptors (Lipinski definition) is 4. The van der Waals surface area contributed by atoms with Crippen molar-refractivity contribution in [3.63, 3.8) is 0 Å². The first-order chi connectivity index (χ1) is 12.5. The molecule has 0 saturated carbocycles. The molecule has 1 aromatic carbocycles. The molecule has 0 aliphatic carbocycles. The number of likely N-dealkylation sites (N-methyl/N-ethyl adjacent to an activating group) is 1. The quantitative estimate of drug-likeness (QED) is 0.776. The van der Waals surface area contributed by atoms with E-state index in [2.05, 4.69) is 26.1 Å². The number of hydrogen-bond donors (Lipinski definition) is 1. The molecule has 1 aromatic rings. The van der Waals surface area contributed by atoms with E-state index in [4.69, 9.17) is 4.74 Å². The van der Waals surface area contributed by atoms with Crippen LogP contribution in [0.3, 0.4) is 0 Å². The van der Waals surface area contributed by atoms with Gasteiger partial charge in [-0.25, -0.2) is 9.18 Å². The summed E-state index contributed by atoms with van der Waals surface area (Å²) in [5.74, 6) is -0.400. The molecule has 1 aliphatic heterocycles. The minimum Gasteiger partial charge on any atom is -0.444 e. The first kappa shape index (κ1) is 21.6. The number of carbonyl (C=O) groups is 2. The highest BCUT2D eigenvalue weighted by Gasteiger charge is 2.30. The van der Waals surface area contributed by atoms with Gasteiger partial charge in [-0.2, -0.15) is 0 Å². The summed E-state index contributed by atoms with van der Waals surface area (Å²) in [5.41, 5.74) is 0.171. The number of piperazine rings is 1. The summed E-state index contributed by atoms with van der Waals surface area (Å²) < 4.78 is 19.0. The Labute approximate surface area is 168 Å². The summed E-state index contributed by atoms with van der Waals surface area (Å²) in [5, 5.41) is 2.76. The molecular formula is C19H27BrFN3O3. The number of amides is 2. The van der Waals surface area contributed by atoms with Crippen molar-refractivity contribution in [1.82, 2.24) is 15.1 Å². The zero-order chi connectivity index (χ0) is 20.2. The van der Waals surface area contributed by atoms with Crippen molar-refractivity contribution in [2.75, 3.05) is 33.2 Å². The molecule has 1 heterocycles. The lowest BCUT2D eigenvalue weighted by Gasteiger charge is -2.40. The summed E-state index contributed by atoms with van der Waals surface area (Å²) in [4.78, 5) is 28.6. The lowest BCUT2D eigenvalue weighted by Crippen LogP contribution is -2.58. The van der Waals surface area contributed by atoms with E-state index in [-0.39, 0.29) is 24.2 Å². The van der Waals surface area contributed by atoms with Crippen LogP contribution in [0.25, 0.3) is 0 Å². The Morgan fingerprint density at radius 3 is 2.67 bits per heavy atom. The van der Waals surface area contributed by atoms with Crippen molar-refractivity contribution in [2.45, 2.75) is 38.8 Å². The molecule has 8 heteroatoms. The molecule has 0 aromatic heterocycles. The van der Waals surface area contributed by atoms with Crippen molar-refractivity contribution in [2.24, 2.45) is 0 Å². The SMILES string of the molecule is CN1CCN(C(=O)Cc2ccc(F)c(Br)c2)C(CNC(=O)OC(C)(C)C)C1. The summed E-state index contributed by atoms with van der Waals surface area (Å²) in [6.45, 7) is 7.74. The van der Waals surface area contributed by atoms with Gasteiger partial charge in [-0.3, -0.25) is 4.79 Å². The third-order valence-electron chi connectivity index (χ3n) is 4.23. The molecule has 2 rings (SSSR count). The maximum atomic E-state index is 13.4. The minimum absolute atomic E-state index is 0.0439. The van der Waals surface area contributed by atoms with Gasteiger partial charge in [0.05, 0.1) is 16.9 Å². The molecule has 0 spiro atoms. The predicted molar refractivity (Wildman–Crippen MR) is 105 cm³/mol. The topological polar surface area (TPSA) is 61.9 Å². The molecule has 0 radical (unpaired) electrons. The largest absolute Gasteiger partial charge is 0.444 e. The number of halogens is 2. The first-order valence-electron chi connectivity index (χ1n) is 8.94. The molecule has 1 atom stereocenters. The second kappa shape index (κ2) is 9.01. The molecule has 1 fully saturated rings. The number of ether oxygens (including phenoxy) is 1. The highest BCUT2D eigenvalue weighted by Crippen LogP contribution is 2.18. The fourth-order valence-electron chi connectivity index (χ4n) is 2.95. The summed E-state index contributed by atoms with van der Waals surface area (Å²) in [7, 11) is 1.99. The zero-order valence-corrected chi connectivity index (χ0v) is 17.8. The average Bonchev–Trinajstić information content (AvgIpc) is 2.55.